The van der Waals surface area contributed by atoms with E-state index >= 15 is 0 Å². The number of benzene rings is 2. The van der Waals surface area contributed by atoms with Gasteiger partial charge in [0, 0.05) is 29.9 Å². The second-order valence-corrected chi connectivity index (χ2v) is 6.33. The number of anilines is 2. The summed E-state index contributed by atoms with van der Waals surface area (Å²) in [6.45, 7) is 8.31. The van der Waals surface area contributed by atoms with E-state index in [9.17, 15) is 0 Å². The van der Waals surface area contributed by atoms with Crippen molar-refractivity contribution in [3.63, 3.8) is 0 Å². The predicted octanol–water partition coefficient (Wildman–Crippen LogP) is 4.84. The molecule has 0 saturated carbocycles. The fraction of sp³-hybridized carbons (Fsp3) is 0.273. The standard InChI is InChI=1S/C22H26N4O/c1-5-26(6-2)18-9-7-17(8-10-18)15-23-25-22-13-16(3)24-21-12-11-19(27-4)14-20(21)22/h7-15H,5-6H2,1-4H3,(H,24,25)/b23-15-. The molecule has 1 aromatic heterocycles. The Balaban J connectivity index is 1.80. The molecular formula is C22H26N4O. The van der Waals surface area contributed by atoms with Crippen LogP contribution < -0.4 is 15.1 Å². The SMILES string of the molecule is CCN(CC)c1ccc(/C=N\Nc2cc(C)nc3ccc(OC)cc23)cc1. The van der Waals surface area contributed by atoms with Crippen LogP contribution in [-0.4, -0.2) is 31.4 Å². The van der Waals surface area contributed by atoms with Crippen LogP contribution in [0.25, 0.3) is 10.9 Å². The first kappa shape index (κ1) is 18.7. The lowest BCUT2D eigenvalue weighted by atomic mass is 10.1. The molecule has 0 saturated heterocycles. The molecule has 0 radical (unpaired) electrons. The number of methoxy groups -OCH3 is 1. The van der Waals surface area contributed by atoms with Crippen LogP contribution in [0.3, 0.4) is 0 Å². The van der Waals surface area contributed by atoms with Gasteiger partial charge in [0.1, 0.15) is 5.75 Å². The molecular weight excluding hydrogens is 336 g/mol. The van der Waals surface area contributed by atoms with Gasteiger partial charge in [-0.1, -0.05) is 12.1 Å². The summed E-state index contributed by atoms with van der Waals surface area (Å²) in [4.78, 5) is 6.89. The van der Waals surface area contributed by atoms with Crippen molar-refractivity contribution >= 4 is 28.5 Å². The number of hydrazone groups is 1. The fourth-order valence-electron chi connectivity index (χ4n) is 3.09. The van der Waals surface area contributed by atoms with Gasteiger partial charge in [0.25, 0.3) is 0 Å². The van der Waals surface area contributed by atoms with Gasteiger partial charge in [0.15, 0.2) is 0 Å². The number of aryl methyl sites for hydroxylation is 1. The Morgan fingerprint density at radius 3 is 2.48 bits per heavy atom. The van der Waals surface area contributed by atoms with Crippen molar-refractivity contribution in [2.75, 3.05) is 30.5 Å². The molecule has 5 nitrogen and oxygen atoms in total. The average Bonchev–Trinajstić information content (AvgIpc) is 2.69. The van der Waals surface area contributed by atoms with Crippen molar-refractivity contribution in [2.45, 2.75) is 20.8 Å². The van der Waals surface area contributed by atoms with Gasteiger partial charge in [-0.3, -0.25) is 10.4 Å². The summed E-state index contributed by atoms with van der Waals surface area (Å²) in [6.07, 6.45) is 1.83. The lowest BCUT2D eigenvalue weighted by Crippen LogP contribution is -2.21. The van der Waals surface area contributed by atoms with Crippen LogP contribution in [-0.2, 0) is 0 Å². The molecule has 0 aliphatic carbocycles. The van der Waals surface area contributed by atoms with Crippen LogP contribution in [0.5, 0.6) is 5.75 Å². The second kappa shape index (κ2) is 8.54. The molecule has 0 amide bonds. The number of hydrogen-bond donors (Lipinski definition) is 1. The number of ether oxygens (including phenoxy) is 1. The molecule has 140 valence electrons. The van der Waals surface area contributed by atoms with Crippen molar-refractivity contribution in [2.24, 2.45) is 5.10 Å². The summed E-state index contributed by atoms with van der Waals surface area (Å²) < 4.78 is 5.33. The number of aromatic nitrogens is 1. The van der Waals surface area contributed by atoms with Gasteiger partial charge >= 0.3 is 0 Å². The molecule has 0 fully saturated rings. The van der Waals surface area contributed by atoms with E-state index in [0.29, 0.717) is 0 Å². The molecule has 27 heavy (non-hydrogen) atoms. The highest BCUT2D eigenvalue weighted by Gasteiger charge is 2.05. The van der Waals surface area contributed by atoms with Crippen LogP contribution >= 0.6 is 0 Å². The third-order valence-electron chi connectivity index (χ3n) is 4.56. The van der Waals surface area contributed by atoms with Crippen molar-refractivity contribution < 1.29 is 4.74 Å². The molecule has 0 atom stereocenters. The van der Waals surface area contributed by atoms with Gasteiger partial charge in [-0.2, -0.15) is 5.10 Å². The summed E-state index contributed by atoms with van der Waals surface area (Å²) in [5.41, 5.74) is 8.19. The Morgan fingerprint density at radius 1 is 1.07 bits per heavy atom. The zero-order chi connectivity index (χ0) is 19.2. The predicted molar refractivity (Wildman–Crippen MR) is 114 cm³/mol. The Labute approximate surface area is 160 Å². The van der Waals surface area contributed by atoms with Crippen molar-refractivity contribution in [3.05, 3.63) is 59.8 Å². The minimum absolute atomic E-state index is 0.798. The molecule has 0 unspecified atom stereocenters. The molecule has 2 aromatic carbocycles. The minimum atomic E-state index is 0.798. The van der Waals surface area contributed by atoms with Crippen LogP contribution in [0.2, 0.25) is 0 Å². The molecule has 0 aliphatic heterocycles. The normalized spacial score (nSPS) is 11.1. The quantitative estimate of drug-likeness (QED) is 0.482. The van der Waals surface area contributed by atoms with E-state index in [-0.39, 0.29) is 0 Å². The summed E-state index contributed by atoms with van der Waals surface area (Å²) >= 11 is 0. The third kappa shape index (κ3) is 4.37. The van der Waals surface area contributed by atoms with Gasteiger partial charge in [0.2, 0.25) is 0 Å². The lowest BCUT2D eigenvalue weighted by Gasteiger charge is -2.20. The first-order valence-corrected chi connectivity index (χ1v) is 9.24. The molecule has 3 aromatic rings. The maximum atomic E-state index is 5.33. The summed E-state index contributed by atoms with van der Waals surface area (Å²) in [5.74, 6) is 0.798. The Bertz CT molecular complexity index is 931. The molecule has 0 bridgehead atoms. The largest absolute Gasteiger partial charge is 0.497 e. The number of rotatable bonds is 7. The monoisotopic (exact) mass is 362 g/mol. The average molecular weight is 362 g/mol. The highest BCUT2D eigenvalue weighted by molar-refractivity contribution is 5.93. The molecule has 3 rings (SSSR count). The van der Waals surface area contributed by atoms with Gasteiger partial charge < -0.3 is 9.64 Å². The van der Waals surface area contributed by atoms with E-state index in [0.717, 1.165) is 46.7 Å². The highest BCUT2D eigenvalue weighted by Crippen LogP contribution is 2.27. The van der Waals surface area contributed by atoms with Crippen molar-refractivity contribution in [1.29, 1.82) is 0 Å². The van der Waals surface area contributed by atoms with E-state index in [4.69, 9.17) is 4.74 Å². The number of pyridine rings is 1. The maximum Gasteiger partial charge on any atom is 0.119 e. The number of fused-ring (bicyclic) bond motifs is 1. The summed E-state index contributed by atoms with van der Waals surface area (Å²) in [6, 6.07) is 16.3. The van der Waals surface area contributed by atoms with Crippen LogP contribution in [0.15, 0.2) is 53.6 Å². The lowest BCUT2D eigenvalue weighted by molar-refractivity contribution is 0.415. The minimum Gasteiger partial charge on any atom is -0.497 e. The smallest absolute Gasteiger partial charge is 0.119 e. The van der Waals surface area contributed by atoms with E-state index in [2.05, 4.69) is 58.5 Å². The number of nitrogens with one attached hydrogen (secondary N) is 1. The van der Waals surface area contributed by atoms with E-state index in [1.165, 1.54) is 5.69 Å². The Morgan fingerprint density at radius 2 is 1.81 bits per heavy atom. The first-order valence-electron chi connectivity index (χ1n) is 9.24. The van der Waals surface area contributed by atoms with Crippen LogP contribution in [0.1, 0.15) is 25.1 Å². The topological polar surface area (TPSA) is 49.8 Å². The molecule has 0 aliphatic rings. The second-order valence-electron chi connectivity index (χ2n) is 6.33. The van der Waals surface area contributed by atoms with E-state index in [1.54, 1.807) is 7.11 Å². The fourth-order valence-corrected chi connectivity index (χ4v) is 3.09. The van der Waals surface area contributed by atoms with Gasteiger partial charge in [0.05, 0.1) is 24.5 Å². The maximum absolute atomic E-state index is 5.33. The third-order valence-corrected chi connectivity index (χ3v) is 4.56. The zero-order valence-corrected chi connectivity index (χ0v) is 16.4. The van der Waals surface area contributed by atoms with Crippen molar-refractivity contribution in [1.82, 2.24) is 4.98 Å². The van der Waals surface area contributed by atoms with E-state index < -0.39 is 0 Å². The zero-order valence-electron chi connectivity index (χ0n) is 16.4. The summed E-state index contributed by atoms with van der Waals surface area (Å²) in [5, 5.41) is 5.40. The Hall–Kier alpha value is -3.08. The number of nitrogens with zero attached hydrogens (tertiary/aromatic N) is 3. The van der Waals surface area contributed by atoms with Crippen LogP contribution in [0.4, 0.5) is 11.4 Å². The first-order chi connectivity index (χ1) is 13.1. The highest BCUT2D eigenvalue weighted by atomic mass is 16.5. The van der Waals surface area contributed by atoms with Gasteiger partial charge in [-0.05, 0) is 62.7 Å². The Kier molecular flexibility index (Phi) is 5.91. The molecule has 1 N–H and O–H groups in total. The molecule has 1 heterocycles. The van der Waals surface area contributed by atoms with Crippen LogP contribution in [0, 0.1) is 6.92 Å². The van der Waals surface area contributed by atoms with Gasteiger partial charge in [-0.15, -0.1) is 0 Å². The molecule has 0 spiro atoms. The van der Waals surface area contributed by atoms with Crippen molar-refractivity contribution in [3.8, 4) is 5.75 Å². The number of hydrogen-bond acceptors (Lipinski definition) is 5. The van der Waals surface area contributed by atoms with Gasteiger partial charge in [-0.25, -0.2) is 0 Å². The van der Waals surface area contributed by atoms with E-state index in [1.807, 2.05) is 37.4 Å². The summed E-state index contributed by atoms with van der Waals surface area (Å²) in [7, 11) is 1.66. The molecule has 5 heteroatoms.